The van der Waals surface area contributed by atoms with E-state index in [4.69, 9.17) is 0 Å². The van der Waals surface area contributed by atoms with Gasteiger partial charge in [0.1, 0.15) is 0 Å². The second-order valence-corrected chi connectivity index (χ2v) is 30.7. The first-order valence-electron chi connectivity index (χ1n) is 40.6. The Kier molecular flexibility index (Phi) is 36.0. The van der Waals surface area contributed by atoms with Crippen LogP contribution in [0.2, 0.25) is 0 Å². The van der Waals surface area contributed by atoms with Gasteiger partial charge < -0.3 is 5.32 Å². The summed E-state index contributed by atoms with van der Waals surface area (Å²) in [5, 5.41) is 8.88. The molecule has 0 atom stereocenters. The molecule has 0 fully saturated rings. The summed E-state index contributed by atoms with van der Waals surface area (Å²) in [6, 6.07) is 112. The first-order valence-corrected chi connectivity index (χ1v) is 40.6. The predicted molar refractivity (Wildman–Crippen MR) is 502 cm³/mol. The van der Waals surface area contributed by atoms with Crippen molar-refractivity contribution in [2.75, 3.05) is 5.32 Å². The third kappa shape index (κ3) is 29.7. The van der Waals surface area contributed by atoms with Crippen LogP contribution in [0.3, 0.4) is 0 Å². The van der Waals surface area contributed by atoms with Crippen LogP contribution in [0.1, 0.15) is 150 Å². The first kappa shape index (κ1) is 88.8. The Morgan fingerprint density at radius 3 is 0.956 bits per heavy atom. The lowest BCUT2D eigenvalue weighted by Crippen LogP contribution is -1.91. The molecule has 15 rings (SSSR count). The molecule has 0 aliphatic heterocycles. The maximum atomic E-state index is 3.39. The van der Waals surface area contributed by atoms with Gasteiger partial charge in [-0.05, 0) is 313 Å². The molecule has 1 heteroatoms. The number of fused-ring (bicyclic) bond motifs is 2. The normalized spacial score (nSPS) is 10.2. The second-order valence-electron chi connectivity index (χ2n) is 30.7. The lowest BCUT2D eigenvalue weighted by molar-refractivity contribution is 0.921. The van der Waals surface area contributed by atoms with E-state index in [1.165, 1.54) is 190 Å². The number of aryl methyl sites for hydroxylation is 22. The highest BCUT2D eigenvalue weighted by Crippen LogP contribution is 2.30. The van der Waals surface area contributed by atoms with E-state index in [2.05, 4.69) is 455 Å². The highest BCUT2D eigenvalue weighted by molar-refractivity contribution is 5.89. The minimum atomic E-state index is 1.13. The van der Waals surface area contributed by atoms with E-state index in [-0.39, 0.29) is 0 Å². The number of hydrogen-bond donors (Lipinski definition) is 1. The summed E-state index contributed by atoms with van der Waals surface area (Å²) >= 11 is 0. The molecule has 1 nitrogen and oxygen atoms in total. The van der Waals surface area contributed by atoms with Crippen molar-refractivity contribution in [3.63, 3.8) is 0 Å². The van der Waals surface area contributed by atoms with Gasteiger partial charge in [-0.1, -0.05) is 357 Å². The molecule has 15 aromatic rings. The lowest BCUT2D eigenvalue weighted by Gasteiger charge is -2.10. The number of nitrogens with one attached hydrogen (secondary N) is 1. The summed E-state index contributed by atoms with van der Waals surface area (Å²) in [5.74, 6) is 0. The molecule has 0 aliphatic rings. The van der Waals surface area contributed by atoms with Crippen LogP contribution < -0.4 is 5.32 Å². The van der Waals surface area contributed by atoms with Crippen LogP contribution in [-0.2, 0) is 19.3 Å². The molecule has 1 N–H and O–H groups in total. The molecule has 0 radical (unpaired) electrons. The lowest BCUT2D eigenvalue weighted by atomic mass is 9.94. The number of rotatable bonds is 9. The van der Waals surface area contributed by atoms with Crippen LogP contribution in [0, 0.1) is 132 Å². The SMILES string of the molecule is CCCc1ccc(C)cc1.CCc1ccc(C)cc1.CCc1cccc(C)c1.Cc1cc(C)cc(Nc2ccccc2)c1.Cc1ccc(-c2ccc(C)c(C)c2)cc1C.Cc1ccc(-c2ccc(C)cc2)cc1.Cc1ccc(-c2ccc(C)cc2C)c(C)c1.Cc1cccc2c(C)cccc12.Cc1cccc2cccc(C)c12. The average molecular weight is 1490 g/mol. The molecule has 0 saturated carbocycles. The minimum absolute atomic E-state index is 1.13. The smallest absolute Gasteiger partial charge is 0.0389 e. The van der Waals surface area contributed by atoms with Crippen molar-refractivity contribution in [3.8, 4) is 33.4 Å². The van der Waals surface area contributed by atoms with Crippen molar-refractivity contribution in [2.45, 2.75) is 178 Å². The number of benzene rings is 15. The number of para-hydroxylation sites is 1. The average Bonchev–Trinajstić information content (AvgIpc) is 0.828. The third-order valence-corrected chi connectivity index (χ3v) is 20.5. The van der Waals surface area contributed by atoms with Gasteiger partial charge in [0, 0.05) is 11.4 Å². The van der Waals surface area contributed by atoms with E-state index in [1.54, 1.807) is 0 Å². The molecule has 15 aromatic carbocycles. The Morgan fingerprint density at radius 1 is 0.204 bits per heavy atom. The van der Waals surface area contributed by atoms with Crippen molar-refractivity contribution < 1.29 is 0 Å². The largest absolute Gasteiger partial charge is 0.356 e. The number of anilines is 2. The monoisotopic (exact) mass is 1490 g/mol. The van der Waals surface area contributed by atoms with Gasteiger partial charge in [-0.3, -0.25) is 0 Å². The summed E-state index contributed by atoms with van der Waals surface area (Å²) in [5.41, 5.74) is 39.9. The molecular weight excluding hydrogens is 1360 g/mol. The van der Waals surface area contributed by atoms with E-state index in [9.17, 15) is 0 Å². The van der Waals surface area contributed by atoms with Crippen molar-refractivity contribution in [1.29, 1.82) is 0 Å². The van der Waals surface area contributed by atoms with E-state index in [1.807, 2.05) is 18.2 Å². The molecule has 0 bridgehead atoms. The zero-order chi connectivity index (χ0) is 81.9. The fourth-order valence-corrected chi connectivity index (χ4v) is 13.5. The Bertz CT molecular complexity index is 5140. The Hall–Kier alpha value is -11.4. The topological polar surface area (TPSA) is 12.0 Å². The first-order chi connectivity index (χ1) is 54.2. The van der Waals surface area contributed by atoms with Gasteiger partial charge in [0.2, 0.25) is 0 Å². The summed E-state index contributed by atoms with van der Waals surface area (Å²) < 4.78 is 0. The van der Waals surface area contributed by atoms with Gasteiger partial charge >= 0.3 is 0 Å². The fraction of sp³-hybridized carbons (Fsp3) is 0.232. The second kappa shape index (κ2) is 45.8. The van der Waals surface area contributed by atoms with Crippen LogP contribution >= 0.6 is 0 Å². The highest BCUT2D eigenvalue weighted by Gasteiger charge is 2.07. The van der Waals surface area contributed by atoms with E-state index >= 15 is 0 Å². The van der Waals surface area contributed by atoms with Crippen LogP contribution in [-0.4, -0.2) is 0 Å². The van der Waals surface area contributed by atoms with E-state index < -0.39 is 0 Å². The fourth-order valence-electron chi connectivity index (χ4n) is 13.5. The van der Waals surface area contributed by atoms with Gasteiger partial charge in [-0.25, -0.2) is 0 Å². The number of hydrogen-bond acceptors (Lipinski definition) is 1. The predicted octanol–water partition coefficient (Wildman–Crippen LogP) is 32.2. The van der Waals surface area contributed by atoms with Crippen LogP contribution in [0.5, 0.6) is 0 Å². The molecule has 113 heavy (non-hydrogen) atoms. The van der Waals surface area contributed by atoms with Gasteiger partial charge in [0.05, 0.1) is 0 Å². The van der Waals surface area contributed by atoms with Crippen LogP contribution in [0.4, 0.5) is 11.4 Å². The summed E-state index contributed by atoms with van der Waals surface area (Å²) in [4.78, 5) is 0. The zero-order valence-electron chi connectivity index (χ0n) is 72.4. The maximum absolute atomic E-state index is 3.39. The highest BCUT2D eigenvalue weighted by atomic mass is 14.9. The van der Waals surface area contributed by atoms with Crippen molar-refractivity contribution in [1.82, 2.24) is 0 Å². The Morgan fingerprint density at radius 2 is 0.575 bits per heavy atom. The zero-order valence-corrected chi connectivity index (χ0v) is 72.4. The van der Waals surface area contributed by atoms with Crippen LogP contribution in [0.25, 0.3) is 54.9 Å². The molecule has 580 valence electrons. The van der Waals surface area contributed by atoms with Crippen molar-refractivity contribution in [2.24, 2.45) is 0 Å². The Labute approximate surface area is 683 Å². The van der Waals surface area contributed by atoms with Crippen molar-refractivity contribution in [3.05, 3.63) is 438 Å². The standard InChI is InChI=1S/2C16H18.C14H15N.C14H14.2C12H12.C10H14.2C9H12/c1-11-5-7-15(9-13(11)3)16-8-6-12(2)14(4)10-16;1-11-5-7-15(13(3)9-11)16-8-6-12(2)10-14(16)4;1-11-8-12(2)10-14(9-11)15-13-6-4-3-5-7-13;1-11-3-7-13(8-4-11)14-9-5-12(2)6-10-14;1-9-5-3-8-12-10(2)6-4-7-11(9)12;1-9-5-3-7-11-8-4-6-10(2)12(9)11;1-3-4-10-7-5-9(2)6-8-10;1-3-9-6-4-8(2)5-7-9;1-3-9-6-4-5-8(2)7-9/h2*5-10H,1-4H3;3-10,15H,1-2H3;3-10H,1-2H3;2*3-8H,1-2H3;5-8H,3-4H2,1-2H3;2*4-7H,3H2,1-2H3. The molecule has 0 spiro atoms. The molecule has 0 unspecified atom stereocenters. The molecular formula is C112H127N. The van der Waals surface area contributed by atoms with Gasteiger partial charge in [0.25, 0.3) is 0 Å². The molecule has 0 heterocycles. The summed E-state index contributed by atoms with van der Waals surface area (Å²) in [7, 11) is 0. The quantitative estimate of drug-likeness (QED) is 0.152. The Balaban J connectivity index is 0.000000177. The summed E-state index contributed by atoms with van der Waals surface area (Å²) in [6.45, 7) is 47.3. The van der Waals surface area contributed by atoms with E-state index in [0.29, 0.717) is 0 Å². The maximum Gasteiger partial charge on any atom is 0.0389 e. The summed E-state index contributed by atoms with van der Waals surface area (Å²) in [6.07, 6.45) is 4.73. The molecule has 0 aliphatic carbocycles. The molecule has 0 aromatic heterocycles. The van der Waals surface area contributed by atoms with Gasteiger partial charge in [-0.2, -0.15) is 0 Å². The van der Waals surface area contributed by atoms with Gasteiger partial charge in [-0.15, -0.1) is 0 Å². The molecule has 0 amide bonds. The van der Waals surface area contributed by atoms with Crippen molar-refractivity contribution >= 4 is 32.9 Å². The van der Waals surface area contributed by atoms with E-state index in [0.717, 1.165) is 24.2 Å². The van der Waals surface area contributed by atoms with Gasteiger partial charge in [0.15, 0.2) is 0 Å². The minimum Gasteiger partial charge on any atom is -0.356 e. The van der Waals surface area contributed by atoms with Crippen LogP contribution in [0.15, 0.2) is 315 Å². The molecule has 0 saturated heterocycles. The third-order valence-electron chi connectivity index (χ3n) is 20.5.